The van der Waals surface area contributed by atoms with Crippen LogP contribution in [0.25, 0.3) is 0 Å². The first-order chi connectivity index (χ1) is 5.39. The first kappa shape index (κ1) is 12.1. The quantitative estimate of drug-likeness (QED) is 0.690. The van der Waals surface area contributed by atoms with Gasteiger partial charge in [0, 0.05) is 0 Å². The van der Waals surface area contributed by atoms with E-state index in [4.69, 9.17) is 0 Å². The molecule has 1 rings (SSSR count). The molecule has 0 bridgehead atoms. The van der Waals surface area contributed by atoms with Crippen molar-refractivity contribution >= 4 is 36.3 Å². The van der Waals surface area contributed by atoms with E-state index < -0.39 is 6.70 Å². The van der Waals surface area contributed by atoms with Gasteiger partial charge in [0.05, 0.1) is 29.6 Å². The third kappa shape index (κ3) is 12.8. The molecule has 0 saturated heterocycles. The van der Waals surface area contributed by atoms with Crippen molar-refractivity contribution in [1.82, 2.24) is 0 Å². The monoisotopic (exact) mass is 314 g/mol. The zero-order valence-corrected chi connectivity index (χ0v) is 10.4. The molecule has 0 aliphatic heterocycles. The Hall–Kier alpha value is 0.130. The molecular formula is C7H8Br2O2S. The highest BCUT2D eigenvalue weighted by molar-refractivity contribution is 9.79. The Labute approximate surface area is 87.3 Å². The van der Waals surface area contributed by atoms with Crippen molar-refractivity contribution < 1.29 is 8.42 Å². The highest BCUT2D eigenvalue weighted by atomic mass is 79.9. The number of hydrogen-bond donors (Lipinski definition) is 0. The first-order valence-electron chi connectivity index (χ1n) is 3.05. The van der Waals surface area contributed by atoms with Gasteiger partial charge in [-0.3, -0.25) is 0 Å². The van der Waals surface area contributed by atoms with Crippen LogP contribution in [-0.2, 0) is 6.70 Å². The molecule has 0 aliphatic rings. The van der Waals surface area contributed by atoms with Crippen LogP contribution in [0.5, 0.6) is 0 Å². The number of halogens is 2. The van der Waals surface area contributed by atoms with Crippen LogP contribution in [0.3, 0.4) is 0 Å². The Kier molecular flexibility index (Phi) is 5.78. The van der Waals surface area contributed by atoms with E-state index in [9.17, 15) is 8.42 Å². The van der Waals surface area contributed by atoms with Gasteiger partial charge in [-0.2, -0.15) is 0 Å². The van der Waals surface area contributed by atoms with Gasteiger partial charge in [0.2, 0.25) is 0 Å². The van der Waals surface area contributed by atoms with E-state index in [0.29, 0.717) is 0 Å². The van der Waals surface area contributed by atoms with Gasteiger partial charge in [0.15, 0.2) is 0 Å². The summed E-state index contributed by atoms with van der Waals surface area (Å²) in [5, 5.41) is 0. The van der Waals surface area contributed by atoms with Crippen molar-refractivity contribution in [3.05, 3.63) is 35.9 Å². The van der Waals surface area contributed by atoms with E-state index in [-0.39, 0.29) is 0 Å². The van der Waals surface area contributed by atoms with Gasteiger partial charge < -0.3 is 0 Å². The van der Waals surface area contributed by atoms with Gasteiger partial charge >= 0.3 is 0 Å². The molecular weight excluding hydrogens is 308 g/mol. The van der Waals surface area contributed by atoms with Crippen molar-refractivity contribution in [3.8, 4) is 0 Å². The minimum Gasteiger partial charge on any atom is -0.205 e. The molecule has 5 heteroatoms. The van der Waals surface area contributed by atoms with Crippen LogP contribution in [0.15, 0.2) is 30.3 Å². The third-order valence-electron chi connectivity index (χ3n) is 0.940. The fourth-order valence-electron chi connectivity index (χ4n) is 0.534. The summed E-state index contributed by atoms with van der Waals surface area (Å²) in [5.41, 5.74) is 1.32. The second-order valence-electron chi connectivity index (χ2n) is 2.03. The van der Waals surface area contributed by atoms with Gasteiger partial charge in [-0.25, -0.2) is 8.42 Å². The maximum absolute atomic E-state index is 9.47. The molecule has 0 aliphatic carbocycles. The summed E-state index contributed by atoms with van der Waals surface area (Å²) in [6.45, 7) is -0.958. The van der Waals surface area contributed by atoms with Crippen molar-refractivity contribution in [2.45, 2.75) is 6.92 Å². The Morgan fingerprint density at radius 2 is 1.42 bits per heavy atom. The van der Waals surface area contributed by atoms with Crippen LogP contribution < -0.4 is 0 Å². The average Bonchev–Trinajstić information content (AvgIpc) is 1.85. The fraction of sp³-hybridized carbons (Fsp3) is 0.143. The highest BCUT2D eigenvalue weighted by Gasteiger charge is 1.87. The second-order valence-corrected chi connectivity index (χ2v) is 10.5. The second kappa shape index (κ2) is 5.72. The maximum atomic E-state index is 9.47. The molecule has 0 atom stereocenters. The number of benzene rings is 1. The zero-order chi connectivity index (χ0) is 9.61. The van der Waals surface area contributed by atoms with Crippen molar-refractivity contribution in [3.63, 3.8) is 0 Å². The summed E-state index contributed by atoms with van der Waals surface area (Å²) in [6.07, 6.45) is 0. The molecule has 0 spiro atoms. The molecule has 0 saturated carbocycles. The van der Waals surface area contributed by atoms with Gasteiger partial charge in [0.1, 0.15) is 0 Å². The van der Waals surface area contributed by atoms with Crippen LogP contribution in [0, 0.1) is 6.92 Å². The molecule has 68 valence electrons. The molecule has 0 heterocycles. The van der Waals surface area contributed by atoms with E-state index in [1.165, 1.54) is 5.56 Å². The average molecular weight is 316 g/mol. The summed E-state index contributed by atoms with van der Waals surface area (Å²) < 4.78 is 18.9. The third-order valence-corrected chi connectivity index (χ3v) is 0.940. The van der Waals surface area contributed by atoms with E-state index in [1.807, 2.05) is 18.2 Å². The number of rotatable bonds is 0. The summed E-state index contributed by atoms with van der Waals surface area (Å²) in [4.78, 5) is 0. The number of aryl methyl sites for hydroxylation is 1. The first-order valence-corrected chi connectivity index (χ1v) is 8.22. The smallest absolute Gasteiger partial charge is 0.205 e. The molecule has 1 aromatic carbocycles. The largest absolute Gasteiger partial charge is 0.268 e. The van der Waals surface area contributed by atoms with Gasteiger partial charge in [-0.1, -0.05) is 35.9 Å². The minimum atomic E-state index is -3.04. The van der Waals surface area contributed by atoms with Gasteiger partial charge in [-0.15, -0.1) is 0 Å². The van der Waals surface area contributed by atoms with E-state index in [0.717, 1.165) is 0 Å². The Morgan fingerprint density at radius 1 is 1.08 bits per heavy atom. The van der Waals surface area contributed by atoms with E-state index >= 15 is 0 Å². The van der Waals surface area contributed by atoms with Crippen molar-refractivity contribution in [2.24, 2.45) is 0 Å². The summed E-state index contributed by atoms with van der Waals surface area (Å²) in [5.74, 6) is 0. The lowest BCUT2D eigenvalue weighted by Crippen LogP contribution is -1.62. The van der Waals surface area contributed by atoms with Crippen molar-refractivity contribution in [2.75, 3.05) is 0 Å². The lowest BCUT2D eigenvalue weighted by atomic mass is 10.2. The van der Waals surface area contributed by atoms with Gasteiger partial charge in [-0.05, 0) is 6.92 Å². The summed E-state index contributed by atoms with van der Waals surface area (Å²) in [6, 6.07) is 10.3. The van der Waals surface area contributed by atoms with Crippen LogP contribution >= 0.6 is 29.6 Å². The summed E-state index contributed by atoms with van der Waals surface area (Å²) in [7, 11) is 0. The topological polar surface area (TPSA) is 34.1 Å². The minimum absolute atomic E-state index is 1.32. The van der Waals surface area contributed by atoms with E-state index in [1.54, 1.807) is 0 Å². The standard InChI is InChI=1S/C7H8.Br2O2S/c1-7-5-3-2-4-6-7;1-5(2,3)4/h2-6H,1H3;. The SMILES string of the molecule is Cc1ccccc1.O=S(=O)(Br)Br. The maximum Gasteiger partial charge on any atom is 0.268 e. The van der Waals surface area contributed by atoms with Crippen LogP contribution in [-0.4, -0.2) is 8.42 Å². The normalized spacial score (nSPS) is 9.92. The highest BCUT2D eigenvalue weighted by Crippen LogP contribution is 2.06. The van der Waals surface area contributed by atoms with Crippen LogP contribution in [0.4, 0.5) is 0 Å². The van der Waals surface area contributed by atoms with Crippen molar-refractivity contribution in [1.29, 1.82) is 0 Å². The number of hydrogen-bond acceptors (Lipinski definition) is 2. The van der Waals surface area contributed by atoms with Gasteiger partial charge in [0.25, 0.3) is 6.70 Å². The molecule has 0 radical (unpaired) electrons. The fourth-order valence-corrected chi connectivity index (χ4v) is 0.534. The molecule has 12 heavy (non-hydrogen) atoms. The summed E-state index contributed by atoms with van der Waals surface area (Å²) >= 11 is 4.53. The van der Waals surface area contributed by atoms with E-state index in [2.05, 4.69) is 48.7 Å². The Morgan fingerprint density at radius 3 is 1.58 bits per heavy atom. The Balaban J connectivity index is 0.000000217. The predicted molar refractivity (Wildman–Crippen MR) is 58.0 cm³/mol. The Bertz CT molecular complexity index is 299. The molecule has 0 unspecified atom stereocenters. The molecule has 0 N–H and O–H groups in total. The lowest BCUT2D eigenvalue weighted by Gasteiger charge is -1.82. The molecule has 2 nitrogen and oxygen atoms in total. The lowest BCUT2D eigenvalue weighted by molar-refractivity contribution is 0.625. The van der Waals surface area contributed by atoms with Crippen LogP contribution in [0.2, 0.25) is 0 Å². The molecule has 0 fully saturated rings. The molecule has 0 amide bonds. The predicted octanol–water partition coefficient (Wildman–Crippen LogP) is 3.02. The molecule has 1 aromatic rings. The van der Waals surface area contributed by atoms with Crippen LogP contribution in [0.1, 0.15) is 5.56 Å². The molecule has 0 aromatic heterocycles. The zero-order valence-electron chi connectivity index (χ0n) is 6.37.